The number of halogens is 8. The summed E-state index contributed by atoms with van der Waals surface area (Å²) in [5, 5.41) is 4.61. The van der Waals surface area contributed by atoms with Crippen molar-refractivity contribution in [1.29, 1.82) is 0 Å². The number of ether oxygens (including phenoxy) is 1. The fourth-order valence-electron chi connectivity index (χ4n) is 3.75. The molecule has 0 aliphatic rings. The number of alkyl halides is 7. The molecule has 1 N–H and O–H groups in total. The van der Waals surface area contributed by atoms with E-state index in [-0.39, 0.29) is 22.3 Å². The van der Waals surface area contributed by atoms with Crippen LogP contribution in [-0.4, -0.2) is 42.0 Å². The van der Waals surface area contributed by atoms with Gasteiger partial charge in [-0.2, -0.15) is 31.4 Å². The van der Waals surface area contributed by atoms with Gasteiger partial charge in [0.15, 0.2) is 17.1 Å². The minimum absolute atomic E-state index is 0.0743. The zero-order valence-electron chi connectivity index (χ0n) is 20.0. The van der Waals surface area contributed by atoms with Gasteiger partial charge in [-0.25, -0.2) is 28.8 Å². The minimum Gasteiger partial charge on any atom is -0.488 e. The van der Waals surface area contributed by atoms with Crippen molar-refractivity contribution >= 4 is 10.9 Å². The number of hydrogen-bond acceptors (Lipinski definition) is 7. The molecule has 4 aromatic rings. The molecule has 1 aromatic carbocycles. The highest BCUT2D eigenvalue weighted by Crippen LogP contribution is 2.33. The molecule has 3 aromatic heterocycles. The zero-order chi connectivity index (χ0) is 29.4. The van der Waals surface area contributed by atoms with Gasteiger partial charge in [-0.1, -0.05) is 0 Å². The van der Waals surface area contributed by atoms with Gasteiger partial charge in [0, 0.05) is 18.8 Å². The third-order valence-corrected chi connectivity index (χ3v) is 5.55. The van der Waals surface area contributed by atoms with E-state index in [4.69, 9.17) is 4.74 Å². The van der Waals surface area contributed by atoms with Gasteiger partial charge in [-0.05, 0) is 19.1 Å². The quantitative estimate of drug-likeness (QED) is 0.326. The molecule has 9 nitrogen and oxygen atoms in total. The lowest BCUT2D eigenvalue weighted by Crippen LogP contribution is -2.29. The first kappa shape index (κ1) is 28.6. The highest BCUT2D eigenvalue weighted by atomic mass is 19.4. The summed E-state index contributed by atoms with van der Waals surface area (Å²) in [7, 11) is 0. The first-order valence-electron chi connectivity index (χ1n) is 11.2. The van der Waals surface area contributed by atoms with E-state index < -0.39 is 71.4 Å². The molecule has 0 aliphatic carbocycles. The molecule has 0 amide bonds. The summed E-state index contributed by atoms with van der Waals surface area (Å²) in [6.45, 7) is 0.621. The maximum absolute atomic E-state index is 14.8. The van der Waals surface area contributed by atoms with Crippen LogP contribution in [-0.2, 0) is 18.9 Å². The molecule has 0 radical (unpaired) electrons. The second-order valence-corrected chi connectivity index (χ2v) is 8.54. The Bertz CT molecular complexity index is 1650. The molecule has 40 heavy (non-hydrogen) atoms. The van der Waals surface area contributed by atoms with Crippen molar-refractivity contribution in [2.24, 2.45) is 0 Å². The van der Waals surface area contributed by atoms with E-state index in [0.717, 1.165) is 23.0 Å². The van der Waals surface area contributed by atoms with Crippen LogP contribution < -0.4 is 15.9 Å². The van der Waals surface area contributed by atoms with Gasteiger partial charge < -0.3 is 4.74 Å². The molecule has 2 atom stereocenters. The average molecular weight is 576 g/mol. The lowest BCUT2D eigenvalue weighted by atomic mass is 10.1. The van der Waals surface area contributed by atoms with E-state index in [0.29, 0.717) is 18.6 Å². The topological polar surface area (TPSA) is 116 Å². The lowest BCUT2D eigenvalue weighted by molar-refractivity contribution is -0.140. The smallest absolute Gasteiger partial charge is 0.425 e. The van der Waals surface area contributed by atoms with Crippen LogP contribution in [0.5, 0.6) is 5.75 Å². The summed E-state index contributed by atoms with van der Waals surface area (Å²) in [5.74, 6) is -2.33. The minimum atomic E-state index is -5.06. The number of aromatic nitrogens is 6. The molecule has 0 unspecified atom stereocenters. The normalized spacial score (nSPS) is 13.8. The number of nitrogens with zero attached hydrogens (tertiary/aromatic N) is 5. The molecule has 0 fully saturated rings. The molecule has 0 saturated heterocycles. The van der Waals surface area contributed by atoms with Crippen molar-refractivity contribution in [3.63, 3.8) is 0 Å². The van der Waals surface area contributed by atoms with Gasteiger partial charge in [0.25, 0.3) is 11.1 Å². The SMILES string of the molecule is C[C@H](C[C@@H](F)Cn1cnc2cc(-c3ncc(C(F)(F)F)cn3)c(F)cc2c1=O)Oc1cn[nH]c(=O)c1C(F)(F)F. The van der Waals surface area contributed by atoms with Crippen molar-refractivity contribution in [3.8, 4) is 17.1 Å². The summed E-state index contributed by atoms with van der Waals surface area (Å²) < 4.78 is 113. The van der Waals surface area contributed by atoms with Crippen LogP contribution in [0.1, 0.15) is 24.5 Å². The van der Waals surface area contributed by atoms with Crippen LogP contribution in [0.2, 0.25) is 0 Å². The monoisotopic (exact) mass is 576 g/mol. The average Bonchev–Trinajstić information content (AvgIpc) is 2.84. The van der Waals surface area contributed by atoms with E-state index in [1.165, 1.54) is 6.92 Å². The predicted octanol–water partition coefficient (Wildman–Crippen LogP) is 4.31. The van der Waals surface area contributed by atoms with Gasteiger partial charge in [-0.3, -0.25) is 14.2 Å². The van der Waals surface area contributed by atoms with Crippen molar-refractivity contribution in [1.82, 2.24) is 29.7 Å². The van der Waals surface area contributed by atoms with Gasteiger partial charge in [-0.15, -0.1) is 0 Å². The number of benzene rings is 1. The maximum atomic E-state index is 14.8. The number of H-pyrrole nitrogens is 1. The molecule has 17 heteroatoms. The molecule has 4 rings (SSSR count). The molecular weight excluding hydrogens is 560 g/mol. The Morgan fingerprint density at radius 2 is 1.68 bits per heavy atom. The number of hydrogen-bond donors (Lipinski definition) is 1. The Morgan fingerprint density at radius 3 is 2.30 bits per heavy atom. The first-order chi connectivity index (χ1) is 18.6. The maximum Gasteiger partial charge on any atom is 0.425 e. The number of rotatable bonds is 7. The largest absolute Gasteiger partial charge is 0.488 e. The third-order valence-electron chi connectivity index (χ3n) is 5.55. The molecule has 0 bridgehead atoms. The van der Waals surface area contributed by atoms with E-state index in [1.54, 1.807) is 5.10 Å². The van der Waals surface area contributed by atoms with Crippen molar-refractivity contribution in [3.05, 3.63) is 74.7 Å². The number of fused-ring (bicyclic) bond motifs is 1. The van der Waals surface area contributed by atoms with E-state index in [9.17, 15) is 44.7 Å². The van der Waals surface area contributed by atoms with Crippen LogP contribution in [0.15, 0.2) is 46.6 Å². The fraction of sp³-hybridized carbons (Fsp3) is 0.304. The third kappa shape index (κ3) is 6.07. The van der Waals surface area contributed by atoms with Gasteiger partial charge in [0.05, 0.1) is 47.2 Å². The van der Waals surface area contributed by atoms with Crippen LogP contribution in [0, 0.1) is 5.82 Å². The summed E-state index contributed by atoms with van der Waals surface area (Å²) >= 11 is 0. The Labute approximate surface area is 217 Å². The standard InChI is InChI=1S/C23H16F8N6O3/c1-10(40-17-7-35-36-20(38)18(17)23(29,30)31)2-12(24)8-37-9-34-16-4-13(15(25)3-14(16)21(37)39)19-32-5-11(6-33-19)22(26,27)28/h3-7,9-10,12H,2,8H2,1H3,(H,36,38)/t10-,12-/m1/s1. The molecule has 3 heterocycles. The summed E-state index contributed by atoms with van der Waals surface area (Å²) in [5.41, 5.74) is -5.58. The predicted molar refractivity (Wildman–Crippen MR) is 121 cm³/mol. The summed E-state index contributed by atoms with van der Waals surface area (Å²) in [6, 6.07) is 1.81. The van der Waals surface area contributed by atoms with E-state index in [2.05, 4.69) is 20.1 Å². The molecule has 0 spiro atoms. The fourth-order valence-corrected chi connectivity index (χ4v) is 3.75. The van der Waals surface area contributed by atoms with Gasteiger partial charge in [0.1, 0.15) is 12.0 Å². The van der Waals surface area contributed by atoms with E-state index in [1.807, 2.05) is 0 Å². The highest BCUT2D eigenvalue weighted by Gasteiger charge is 2.38. The van der Waals surface area contributed by atoms with Crippen LogP contribution >= 0.6 is 0 Å². The van der Waals surface area contributed by atoms with Crippen molar-refractivity contribution in [2.45, 2.75) is 44.5 Å². The van der Waals surface area contributed by atoms with Gasteiger partial charge >= 0.3 is 12.4 Å². The van der Waals surface area contributed by atoms with E-state index >= 15 is 0 Å². The number of aromatic amines is 1. The lowest BCUT2D eigenvalue weighted by Gasteiger charge is -2.19. The van der Waals surface area contributed by atoms with Crippen LogP contribution in [0.4, 0.5) is 35.1 Å². The Hall–Kier alpha value is -4.44. The molecule has 0 aliphatic heterocycles. The summed E-state index contributed by atoms with van der Waals surface area (Å²) in [4.78, 5) is 35.4. The summed E-state index contributed by atoms with van der Waals surface area (Å²) in [6.07, 6.45) is -10.8. The first-order valence-corrected chi connectivity index (χ1v) is 11.2. The van der Waals surface area contributed by atoms with Crippen LogP contribution in [0.3, 0.4) is 0 Å². The second kappa shape index (κ2) is 10.6. The molecular formula is C23H16F8N6O3. The Morgan fingerprint density at radius 1 is 1.00 bits per heavy atom. The zero-order valence-corrected chi connectivity index (χ0v) is 20.0. The van der Waals surface area contributed by atoms with Crippen molar-refractivity contribution in [2.75, 3.05) is 0 Å². The highest BCUT2D eigenvalue weighted by molar-refractivity contribution is 5.82. The molecule has 212 valence electrons. The Kier molecular flexibility index (Phi) is 7.58. The van der Waals surface area contributed by atoms with Crippen LogP contribution in [0.25, 0.3) is 22.3 Å². The van der Waals surface area contributed by atoms with Crippen molar-refractivity contribution < 1.29 is 39.9 Å². The Balaban J connectivity index is 1.51. The molecule has 0 saturated carbocycles. The second-order valence-electron chi connectivity index (χ2n) is 8.54. The number of nitrogens with one attached hydrogen (secondary N) is 1. The van der Waals surface area contributed by atoms with Gasteiger partial charge in [0.2, 0.25) is 0 Å².